The van der Waals surface area contributed by atoms with Crippen molar-refractivity contribution in [3.8, 4) is 11.5 Å². The maximum Gasteiger partial charge on any atom is 0.189 e. The van der Waals surface area contributed by atoms with Crippen molar-refractivity contribution in [2.75, 3.05) is 33.9 Å². The van der Waals surface area contributed by atoms with Gasteiger partial charge in [0.2, 0.25) is 0 Å². The molecule has 2 aliphatic carbocycles. The fourth-order valence-electron chi connectivity index (χ4n) is 4.48. The minimum Gasteiger partial charge on any atom is -0.493 e. The molecule has 4 nitrogen and oxygen atoms in total. The van der Waals surface area contributed by atoms with Crippen LogP contribution in [0.1, 0.15) is 41.6 Å². The maximum atomic E-state index is 12.9. The van der Waals surface area contributed by atoms with Gasteiger partial charge in [0.05, 0.1) is 14.2 Å². The molecule has 0 unspecified atom stereocenters. The molecule has 0 amide bonds. The van der Waals surface area contributed by atoms with Crippen LogP contribution in [0, 0.1) is 5.92 Å². The van der Waals surface area contributed by atoms with Crippen LogP contribution in [-0.4, -0.2) is 44.5 Å². The van der Waals surface area contributed by atoms with E-state index in [1.165, 1.54) is 18.4 Å². The van der Waals surface area contributed by atoms with Crippen LogP contribution < -0.4 is 9.47 Å². The predicted molar refractivity (Wildman–Crippen MR) is 111 cm³/mol. The lowest BCUT2D eigenvalue weighted by Crippen LogP contribution is -2.34. The third-order valence-corrected chi connectivity index (χ3v) is 6.07. The van der Waals surface area contributed by atoms with Gasteiger partial charge in [-0.3, -0.25) is 9.69 Å². The van der Waals surface area contributed by atoms with E-state index in [1.807, 2.05) is 12.1 Å². The normalized spacial score (nSPS) is 21.7. The van der Waals surface area contributed by atoms with Crippen molar-refractivity contribution in [1.82, 2.24) is 4.90 Å². The number of methoxy groups -OCH3 is 2. The third-order valence-electron chi connectivity index (χ3n) is 6.07. The Morgan fingerprint density at radius 3 is 2.54 bits per heavy atom. The van der Waals surface area contributed by atoms with E-state index in [9.17, 15) is 4.79 Å². The molecule has 1 aliphatic heterocycles. The van der Waals surface area contributed by atoms with Gasteiger partial charge >= 0.3 is 0 Å². The molecule has 0 saturated carbocycles. The average Bonchev–Trinajstić information content (AvgIpc) is 3.03. The fraction of sp³-hybridized carbons (Fsp3) is 0.458. The molecular formula is C24H29NO3. The Morgan fingerprint density at radius 2 is 1.86 bits per heavy atom. The van der Waals surface area contributed by atoms with Crippen LogP contribution in [0.5, 0.6) is 11.5 Å². The number of ether oxygens (including phenoxy) is 2. The summed E-state index contributed by atoms with van der Waals surface area (Å²) in [7, 11) is 3.23. The van der Waals surface area contributed by atoms with E-state index < -0.39 is 0 Å². The smallest absolute Gasteiger partial charge is 0.189 e. The van der Waals surface area contributed by atoms with Gasteiger partial charge < -0.3 is 9.47 Å². The molecule has 0 atom stereocenters. The zero-order valence-electron chi connectivity index (χ0n) is 16.9. The molecule has 1 aromatic carbocycles. The first kappa shape index (κ1) is 19.0. The van der Waals surface area contributed by atoms with Crippen LogP contribution in [0.4, 0.5) is 0 Å². The molecule has 1 heterocycles. The molecule has 148 valence electrons. The van der Waals surface area contributed by atoms with Crippen LogP contribution >= 0.6 is 0 Å². The number of fused-ring (bicyclic) bond motifs is 1. The monoisotopic (exact) mass is 379 g/mol. The second-order valence-electron chi connectivity index (χ2n) is 7.93. The number of ketones is 1. The molecule has 0 aromatic heterocycles. The first-order valence-corrected chi connectivity index (χ1v) is 10.3. The van der Waals surface area contributed by atoms with Crippen molar-refractivity contribution in [1.29, 1.82) is 0 Å². The van der Waals surface area contributed by atoms with E-state index in [4.69, 9.17) is 9.47 Å². The summed E-state index contributed by atoms with van der Waals surface area (Å²) in [6.45, 7) is 3.26. The SMILES string of the molecule is COc1cc2c(cc1OC)C(=O)/C(=C/C1CCN(CC3=CCCC=C3)CC1)C2. The molecule has 0 radical (unpaired) electrons. The predicted octanol–water partition coefficient (Wildman–Crippen LogP) is 4.36. The van der Waals surface area contributed by atoms with Crippen molar-refractivity contribution in [3.63, 3.8) is 0 Å². The molecular weight excluding hydrogens is 350 g/mol. The number of carbonyl (C=O) groups is 1. The van der Waals surface area contributed by atoms with E-state index in [1.54, 1.807) is 14.2 Å². The highest BCUT2D eigenvalue weighted by molar-refractivity contribution is 6.13. The number of hydrogen-bond donors (Lipinski definition) is 0. The molecule has 4 rings (SSSR count). The highest BCUT2D eigenvalue weighted by Crippen LogP contribution is 2.37. The van der Waals surface area contributed by atoms with E-state index in [0.717, 1.165) is 49.2 Å². The molecule has 28 heavy (non-hydrogen) atoms. The van der Waals surface area contributed by atoms with E-state index in [2.05, 4.69) is 29.2 Å². The lowest BCUT2D eigenvalue weighted by molar-refractivity contribution is 0.103. The van der Waals surface area contributed by atoms with Crippen LogP contribution in [0.3, 0.4) is 0 Å². The Morgan fingerprint density at radius 1 is 1.11 bits per heavy atom. The van der Waals surface area contributed by atoms with Gasteiger partial charge in [-0.2, -0.15) is 0 Å². The van der Waals surface area contributed by atoms with Crippen molar-refractivity contribution >= 4 is 5.78 Å². The number of hydrogen-bond acceptors (Lipinski definition) is 4. The van der Waals surface area contributed by atoms with Gasteiger partial charge in [-0.05, 0) is 68.0 Å². The summed E-state index contributed by atoms with van der Waals surface area (Å²) in [5, 5.41) is 0. The minimum absolute atomic E-state index is 0.149. The highest BCUT2D eigenvalue weighted by Gasteiger charge is 2.28. The number of carbonyl (C=O) groups excluding carboxylic acids is 1. The van der Waals surface area contributed by atoms with Gasteiger partial charge in [-0.1, -0.05) is 24.3 Å². The van der Waals surface area contributed by atoms with Gasteiger partial charge in [-0.25, -0.2) is 0 Å². The average molecular weight is 380 g/mol. The Kier molecular flexibility index (Phi) is 5.67. The van der Waals surface area contributed by atoms with Gasteiger partial charge in [0.1, 0.15) is 0 Å². The molecule has 1 saturated heterocycles. The largest absolute Gasteiger partial charge is 0.493 e. The van der Waals surface area contributed by atoms with E-state index in [-0.39, 0.29) is 5.78 Å². The molecule has 1 fully saturated rings. The molecule has 3 aliphatic rings. The topological polar surface area (TPSA) is 38.8 Å². The summed E-state index contributed by atoms with van der Waals surface area (Å²) < 4.78 is 10.7. The summed E-state index contributed by atoms with van der Waals surface area (Å²) in [6.07, 6.45) is 14.4. The Bertz CT molecular complexity index is 842. The number of Topliss-reactive ketones (excluding diaryl/α,β-unsaturated/α-hetero) is 1. The second-order valence-corrected chi connectivity index (χ2v) is 7.93. The fourth-order valence-corrected chi connectivity index (χ4v) is 4.48. The first-order valence-electron chi connectivity index (χ1n) is 10.3. The first-order chi connectivity index (χ1) is 13.7. The van der Waals surface area contributed by atoms with Gasteiger partial charge in [0.15, 0.2) is 17.3 Å². The molecule has 0 spiro atoms. The number of nitrogens with zero attached hydrogens (tertiary/aromatic N) is 1. The Balaban J connectivity index is 1.39. The number of rotatable bonds is 5. The number of piperidine rings is 1. The number of likely N-dealkylation sites (tertiary alicyclic amines) is 1. The van der Waals surface area contributed by atoms with Crippen molar-refractivity contribution in [3.05, 3.63) is 58.7 Å². The van der Waals surface area contributed by atoms with Gasteiger partial charge in [-0.15, -0.1) is 0 Å². The van der Waals surface area contributed by atoms with Gasteiger partial charge in [0.25, 0.3) is 0 Å². The van der Waals surface area contributed by atoms with Crippen molar-refractivity contribution in [2.24, 2.45) is 5.92 Å². The summed E-state index contributed by atoms with van der Waals surface area (Å²) in [4.78, 5) is 15.4. The summed E-state index contributed by atoms with van der Waals surface area (Å²) in [5.41, 5.74) is 4.19. The lowest BCUT2D eigenvalue weighted by Gasteiger charge is -2.31. The molecule has 0 bridgehead atoms. The van der Waals surface area contributed by atoms with E-state index >= 15 is 0 Å². The maximum absolute atomic E-state index is 12.9. The molecule has 0 N–H and O–H groups in total. The molecule has 1 aromatic rings. The zero-order chi connectivity index (χ0) is 19.5. The van der Waals surface area contributed by atoms with Crippen LogP contribution in [0.2, 0.25) is 0 Å². The number of allylic oxidation sites excluding steroid dienone is 4. The molecule has 4 heteroatoms. The second kappa shape index (κ2) is 8.36. The summed E-state index contributed by atoms with van der Waals surface area (Å²) in [6, 6.07) is 3.77. The van der Waals surface area contributed by atoms with Crippen LogP contribution in [0.25, 0.3) is 0 Å². The third kappa shape index (κ3) is 3.93. The van der Waals surface area contributed by atoms with Crippen molar-refractivity contribution in [2.45, 2.75) is 32.1 Å². The van der Waals surface area contributed by atoms with Gasteiger partial charge in [0, 0.05) is 24.1 Å². The van der Waals surface area contributed by atoms with Crippen LogP contribution in [-0.2, 0) is 6.42 Å². The van der Waals surface area contributed by atoms with Crippen LogP contribution in [0.15, 0.2) is 47.6 Å². The Hall–Kier alpha value is -2.33. The van der Waals surface area contributed by atoms with Crippen molar-refractivity contribution < 1.29 is 14.3 Å². The van der Waals surface area contributed by atoms with E-state index in [0.29, 0.717) is 23.8 Å². The highest BCUT2D eigenvalue weighted by atomic mass is 16.5. The Labute approximate surface area is 167 Å². The summed E-state index contributed by atoms with van der Waals surface area (Å²) in [5.74, 6) is 1.95. The standard InChI is InChI=1S/C24H29NO3/c1-27-22-14-19-13-20(24(26)21(19)15-23(22)28-2)12-17-8-10-25(11-9-17)16-18-6-4-3-5-7-18/h4,6-7,12,14-15,17H,3,5,8-11,13,16H2,1-2H3/b20-12+. The summed E-state index contributed by atoms with van der Waals surface area (Å²) >= 11 is 0. The number of benzene rings is 1. The lowest BCUT2D eigenvalue weighted by atomic mass is 9.93. The zero-order valence-corrected chi connectivity index (χ0v) is 16.9. The quantitative estimate of drug-likeness (QED) is 0.713. The minimum atomic E-state index is 0.149.